The summed E-state index contributed by atoms with van der Waals surface area (Å²) in [6, 6.07) is 12.9. The molecule has 0 fully saturated rings. The van der Waals surface area contributed by atoms with E-state index >= 15 is 0 Å². The summed E-state index contributed by atoms with van der Waals surface area (Å²) in [5.41, 5.74) is 2.69. The molecular formula is C16H16. The molecule has 0 aliphatic heterocycles. The van der Waals surface area contributed by atoms with Crippen LogP contribution in [0.1, 0.15) is 11.1 Å². The van der Waals surface area contributed by atoms with Gasteiger partial charge in [0.25, 0.3) is 0 Å². The quantitative estimate of drug-likeness (QED) is 0.657. The van der Waals surface area contributed by atoms with Crippen LogP contribution >= 0.6 is 0 Å². The summed E-state index contributed by atoms with van der Waals surface area (Å²) in [7, 11) is 0. The normalized spacial score (nSPS) is 10.2. The van der Waals surface area contributed by atoms with Gasteiger partial charge in [0.05, 0.1) is 0 Å². The van der Waals surface area contributed by atoms with E-state index in [-0.39, 0.29) is 0 Å². The molecule has 0 heterocycles. The molecule has 2 aromatic rings. The summed E-state index contributed by atoms with van der Waals surface area (Å²) in [6.07, 6.45) is 5.76. The summed E-state index contributed by atoms with van der Waals surface area (Å²) in [4.78, 5) is 0. The summed E-state index contributed by atoms with van der Waals surface area (Å²) in [5.74, 6) is 0. The maximum absolute atomic E-state index is 3.81. The van der Waals surface area contributed by atoms with E-state index in [1.807, 2.05) is 12.2 Å². The Morgan fingerprint density at radius 1 is 0.750 bits per heavy atom. The van der Waals surface area contributed by atoms with Gasteiger partial charge in [0.2, 0.25) is 0 Å². The largest absolute Gasteiger partial charge is 0.103 e. The highest BCUT2D eigenvalue weighted by atomic mass is 14.1. The van der Waals surface area contributed by atoms with Crippen molar-refractivity contribution in [3.8, 4) is 0 Å². The van der Waals surface area contributed by atoms with Crippen molar-refractivity contribution in [2.75, 3.05) is 0 Å². The molecule has 0 saturated heterocycles. The maximum Gasteiger partial charge on any atom is -0.00940 e. The first-order valence-electron chi connectivity index (χ1n) is 5.58. The van der Waals surface area contributed by atoms with Crippen molar-refractivity contribution in [1.29, 1.82) is 0 Å². The van der Waals surface area contributed by atoms with Gasteiger partial charge in [0.1, 0.15) is 0 Å². The predicted molar refractivity (Wildman–Crippen MR) is 71.8 cm³/mol. The fourth-order valence-electron chi connectivity index (χ4n) is 2.09. The van der Waals surface area contributed by atoms with Crippen LogP contribution in [0.4, 0.5) is 0 Å². The number of fused-ring (bicyclic) bond motifs is 1. The van der Waals surface area contributed by atoms with E-state index in [9.17, 15) is 0 Å². The third-order valence-corrected chi connectivity index (χ3v) is 2.83. The molecule has 0 heteroatoms. The highest BCUT2D eigenvalue weighted by Crippen LogP contribution is 2.24. The first-order valence-corrected chi connectivity index (χ1v) is 5.58. The van der Waals surface area contributed by atoms with Crippen molar-refractivity contribution in [2.45, 2.75) is 12.8 Å². The van der Waals surface area contributed by atoms with Crippen LogP contribution in [0.2, 0.25) is 0 Å². The zero-order valence-electron chi connectivity index (χ0n) is 9.45. The van der Waals surface area contributed by atoms with Crippen LogP contribution in [0.15, 0.2) is 61.7 Å². The highest BCUT2D eigenvalue weighted by Gasteiger charge is 2.03. The van der Waals surface area contributed by atoms with E-state index in [0.29, 0.717) is 0 Å². The third kappa shape index (κ3) is 1.92. The molecule has 0 unspecified atom stereocenters. The number of rotatable bonds is 4. The minimum absolute atomic E-state index is 0.925. The molecular weight excluding hydrogens is 192 g/mol. The van der Waals surface area contributed by atoms with Gasteiger partial charge in [-0.25, -0.2) is 0 Å². The SMILES string of the molecule is C=CCc1ccc(CC=C)c2ccccc12. The average molecular weight is 208 g/mol. The lowest BCUT2D eigenvalue weighted by Gasteiger charge is -2.08. The zero-order chi connectivity index (χ0) is 11.4. The van der Waals surface area contributed by atoms with E-state index in [1.165, 1.54) is 21.9 Å². The Kier molecular flexibility index (Phi) is 3.21. The van der Waals surface area contributed by atoms with Gasteiger partial charge < -0.3 is 0 Å². The molecule has 0 saturated carbocycles. The van der Waals surface area contributed by atoms with Crippen LogP contribution in [0.25, 0.3) is 10.8 Å². The van der Waals surface area contributed by atoms with Crippen molar-refractivity contribution in [2.24, 2.45) is 0 Å². The lowest BCUT2D eigenvalue weighted by atomic mass is 9.96. The van der Waals surface area contributed by atoms with Crippen LogP contribution in [0.3, 0.4) is 0 Å². The van der Waals surface area contributed by atoms with E-state index in [2.05, 4.69) is 49.6 Å². The maximum atomic E-state index is 3.81. The average Bonchev–Trinajstić information content (AvgIpc) is 2.33. The standard InChI is InChI=1S/C16H16/c1-3-7-13-11-12-14(8-4-2)16-10-6-5-9-15(13)16/h3-6,9-12H,1-2,7-8H2. The Balaban J connectivity index is 2.66. The van der Waals surface area contributed by atoms with E-state index in [0.717, 1.165) is 12.8 Å². The van der Waals surface area contributed by atoms with Crippen molar-refractivity contribution in [3.63, 3.8) is 0 Å². The van der Waals surface area contributed by atoms with Crippen molar-refractivity contribution in [1.82, 2.24) is 0 Å². The highest BCUT2D eigenvalue weighted by molar-refractivity contribution is 5.89. The van der Waals surface area contributed by atoms with Crippen LogP contribution in [-0.2, 0) is 12.8 Å². The lowest BCUT2D eigenvalue weighted by Crippen LogP contribution is -1.89. The van der Waals surface area contributed by atoms with Crippen LogP contribution in [0.5, 0.6) is 0 Å². The third-order valence-electron chi connectivity index (χ3n) is 2.83. The smallest absolute Gasteiger partial charge is 0.00940 e. The van der Waals surface area contributed by atoms with Gasteiger partial charge in [-0.3, -0.25) is 0 Å². The molecule has 0 bridgehead atoms. The van der Waals surface area contributed by atoms with Gasteiger partial charge in [0.15, 0.2) is 0 Å². The first-order chi connectivity index (χ1) is 7.86. The predicted octanol–water partition coefficient (Wildman–Crippen LogP) is 4.30. The van der Waals surface area contributed by atoms with Crippen LogP contribution in [-0.4, -0.2) is 0 Å². The Labute approximate surface area is 96.9 Å². The topological polar surface area (TPSA) is 0 Å². The molecule has 0 amide bonds. The molecule has 0 aromatic heterocycles. The Morgan fingerprint density at radius 3 is 1.56 bits per heavy atom. The zero-order valence-corrected chi connectivity index (χ0v) is 9.45. The Bertz CT molecular complexity index is 472. The van der Waals surface area contributed by atoms with Gasteiger partial charge in [-0.05, 0) is 34.7 Å². The molecule has 2 aromatic carbocycles. The summed E-state index contributed by atoms with van der Waals surface area (Å²) >= 11 is 0. The summed E-state index contributed by atoms with van der Waals surface area (Å²) < 4.78 is 0. The number of benzene rings is 2. The monoisotopic (exact) mass is 208 g/mol. The molecule has 0 aliphatic rings. The van der Waals surface area contributed by atoms with E-state index in [4.69, 9.17) is 0 Å². The molecule has 0 nitrogen and oxygen atoms in total. The van der Waals surface area contributed by atoms with Crippen LogP contribution in [0, 0.1) is 0 Å². The number of hydrogen-bond donors (Lipinski definition) is 0. The van der Waals surface area contributed by atoms with Gasteiger partial charge >= 0.3 is 0 Å². The lowest BCUT2D eigenvalue weighted by molar-refractivity contribution is 1.26. The summed E-state index contributed by atoms with van der Waals surface area (Å²) in [5, 5.41) is 2.67. The summed E-state index contributed by atoms with van der Waals surface area (Å²) in [6.45, 7) is 7.61. The van der Waals surface area contributed by atoms with Crippen molar-refractivity contribution < 1.29 is 0 Å². The molecule has 0 radical (unpaired) electrons. The van der Waals surface area contributed by atoms with E-state index in [1.54, 1.807) is 0 Å². The van der Waals surface area contributed by atoms with Gasteiger partial charge in [-0.2, -0.15) is 0 Å². The van der Waals surface area contributed by atoms with Gasteiger partial charge in [-0.1, -0.05) is 48.6 Å². The number of allylic oxidation sites excluding steroid dienone is 2. The second-order valence-electron chi connectivity index (χ2n) is 3.91. The van der Waals surface area contributed by atoms with Crippen LogP contribution < -0.4 is 0 Å². The van der Waals surface area contributed by atoms with Crippen molar-refractivity contribution >= 4 is 10.8 Å². The Hall–Kier alpha value is -1.82. The molecule has 0 atom stereocenters. The molecule has 2 rings (SSSR count). The van der Waals surface area contributed by atoms with E-state index < -0.39 is 0 Å². The molecule has 16 heavy (non-hydrogen) atoms. The molecule has 0 aliphatic carbocycles. The Morgan fingerprint density at radius 2 is 1.19 bits per heavy atom. The second kappa shape index (κ2) is 4.80. The van der Waals surface area contributed by atoms with Crippen molar-refractivity contribution in [3.05, 3.63) is 72.8 Å². The minimum atomic E-state index is 0.925. The fraction of sp³-hybridized carbons (Fsp3) is 0.125. The van der Waals surface area contributed by atoms with Gasteiger partial charge in [0, 0.05) is 0 Å². The molecule has 0 N–H and O–H groups in total. The molecule has 0 spiro atoms. The fourth-order valence-corrected chi connectivity index (χ4v) is 2.09. The van der Waals surface area contributed by atoms with Gasteiger partial charge in [-0.15, -0.1) is 13.2 Å². The molecule has 80 valence electrons. The number of hydrogen-bond acceptors (Lipinski definition) is 0. The first kappa shape index (κ1) is 10.7. The second-order valence-corrected chi connectivity index (χ2v) is 3.91. The minimum Gasteiger partial charge on any atom is -0.103 e.